The fraction of sp³-hybridized carbons (Fsp3) is 0.600. The highest BCUT2D eigenvalue weighted by Crippen LogP contribution is 2.02. The number of hydrogen-bond donors (Lipinski definition) is 0. The van der Waals surface area contributed by atoms with Gasteiger partial charge in [-0.25, -0.2) is 0 Å². The Balaban J connectivity index is 2.99. The van der Waals surface area contributed by atoms with Gasteiger partial charge in [-0.05, 0) is 5.54 Å². The van der Waals surface area contributed by atoms with Crippen molar-refractivity contribution in [3.63, 3.8) is 0 Å². The third-order valence-electron chi connectivity index (χ3n) is 0.943. The zero-order valence-electron chi connectivity index (χ0n) is 4.57. The monoisotopic (exact) mass is 100 g/mol. The molecule has 0 heterocycles. The highest BCUT2D eigenvalue weighted by Gasteiger charge is 1.98. The lowest BCUT2D eigenvalue weighted by molar-refractivity contribution is 1.32. The lowest BCUT2D eigenvalue weighted by atomic mass is 10.6. The molecule has 0 aliphatic rings. The summed E-state index contributed by atoms with van der Waals surface area (Å²) in [5.41, 5.74) is 0.491. The normalized spacial score (nSPS) is 11.0. The molecular weight excluding hydrogens is 88.1 g/mol. The quantitative estimate of drug-likeness (QED) is 0.438. The van der Waals surface area contributed by atoms with E-state index in [1.165, 1.54) is 0 Å². The maximum absolute atomic E-state index is 3.79. The van der Waals surface area contributed by atoms with Gasteiger partial charge in [-0.2, -0.15) is 0 Å². The average Bonchev–Trinajstić information content (AvgIpc) is 1.36. The number of rotatable bonds is 1. The van der Waals surface area contributed by atoms with Gasteiger partial charge in [0, 0.05) is 8.80 Å². The first-order valence-corrected chi connectivity index (χ1v) is 5.28. The van der Waals surface area contributed by atoms with Crippen LogP contribution in [0.2, 0.25) is 18.6 Å². The summed E-state index contributed by atoms with van der Waals surface area (Å²) in [5, 5.41) is 0. The Bertz CT molecular complexity index is 24.9. The summed E-state index contributed by atoms with van der Waals surface area (Å²) in [6.07, 6.45) is 0. The van der Waals surface area contributed by atoms with E-state index in [9.17, 15) is 0 Å². The fourth-order valence-electron chi connectivity index (χ4n) is 0. The fourth-order valence-corrected chi connectivity index (χ4v) is 0. The molecule has 0 saturated carbocycles. The van der Waals surface area contributed by atoms with E-state index in [4.69, 9.17) is 0 Å². The van der Waals surface area contributed by atoms with Crippen LogP contribution in [-0.2, 0) is 0 Å². The Morgan fingerprint density at radius 1 is 1.33 bits per heavy atom. The van der Waals surface area contributed by atoms with E-state index in [1.807, 2.05) is 0 Å². The largest absolute Gasteiger partial charge is 0.0720 e. The summed E-state index contributed by atoms with van der Waals surface area (Å²) < 4.78 is 0. The van der Waals surface area contributed by atoms with Crippen LogP contribution in [0.1, 0.15) is 0 Å². The summed E-state index contributed by atoms with van der Waals surface area (Å²) in [5.74, 6) is 0. The predicted octanol–water partition coefficient (Wildman–Crippen LogP) is 1.51. The van der Waals surface area contributed by atoms with E-state index >= 15 is 0 Å². The third-order valence-corrected chi connectivity index (χ3v) is 2.83. The van der Waals surface area contributed by atoms with Gasteiger partial charge < -0.3 is 0 Å². The van der Waals surface area contributed by atoms with Crippen LogP contribution in [0.25, 0.3) is 0 Å². The SMILES string of the molecule is [CH2]C([CH2])[SiH](C)C. The molecule has 0 aromatic heterocycles. The second-order valence-electron chi connectivity index (χ2n) is 2.00. The maximum Gasteiger partial charge on any atom is 0.0337 e. The van der Waals surface area contributed by atoms with Gasteiger partial charge in [-0.3, -0.25) is 0 Å². The van der Waals surface area contributed by atoms with Gasteiger partial charge in [0.15, 0.2) is 0 Å². The van der Waals surface area contributed by atoms with Crippen LogP contribution in [0.15, 0.2) is 0 Å². The molecule has 2 radical (unpaired) electrons. The minimum Gasteiger partial charge on any atom is -0.0720 e. The Hall–Kier alpha value is 0.217. The molecule has 0 rings (SSSR count). The Morgan fingerprint density at radius 2 is 1.50 bits per heavy atom. The van der Waals surface area contributed by atoms with Crippen LogP contribution in [0.3, 0.4) is 0 Å². The minimum atomic E-state index is -0.466. The van der Waals surface area contributed by atoms with E-state index in [0.29, 0.717) is 5.54 Å². The van der Waals surface area contributed by atoms with Gasteiger partial charge in [0.25, 0.3) is 0 Å². The van der Waals surface area contributed by atoms with Crippen molar-refractivity contribution in [1.29, 1.82) is 0 Å². The van der Waals surface area contributed by atoms with Gasteiger partial charge >= 0.3 is 0 Å². The molecule has 0 nitrogen and oxygen atoms in total. The van der Waals surface area contributed by atoms with Gasteiger partial charge in [0.05, 0.1) is 0 Å². The van der Waals surface area contributed by atoms with Crippen molar-refractivity contribution in [3.05, 3.63) is 13.8 Å². The van der Waals surface area contributed by atoms with E-state index in [2.05, 4.69) is 26.9 Å². The third kappa shape index (κ3) is 2.45. The number of hydrogen-bond acceptors (Lipinski definition) is 0. The Kier molecular flexibility index (Phi) is 2.49. The summed E-state index contributed by atoms with van der Waals surface area (Å²) >= 11 is 0. The lowest BCUT2D eigenvalue weighted by Crippen LogP contribution is -2.03. The zero-order valence-corrected chi connectivity index (χ0v) is 5.72. The van der Waals surface area contributed by atoms with Crippen LogP contribution in [0.5, 0.6) is 0 Å². The lowest BCUT2D eigenvalue weighted by Gasteiger charge is -2.03. The van der Waals surface area contributed by atoms with Crippen LogP contribution >= 0.6 is 0 Å². The average molecular weight is 100 g/mol. The first-order chi connectivity index (χ1) is 2.64. The standard InChI is InChI=1S/C5H12Si/c1-5(2)6(3)4/h5-6H,1-2H2,3-4H3. The molecule has 0 amide bonds. The van der Waals surface area contributed by atoms with Gasteiger partial charge in [0.1, 0.15) is 0 Å². The molecule has 0 spiro atoms. The van der Waals surface area contributed by atoms with Crippen molar-refractivity contribution < 1.29 is 0 Å². The molecule has 6 heavy (non-hydrogen) atoms. The van der Waals surface area contributed by atoms with Crippen molar-refractivity contribution in [1.82, 2.24) is 0 Å². The molecule has 1 heteroatoms. The molecule has 0 aliphatic heterocycles. The first-order valence-electron chi connectivity index (χ1n) is 2.30. The van der Waals surface area contributed by atoms with Crippen molar-refractivity contribution in [2.75, 3.05) is 0 Å². The van der Waals surface area contributed by atoms with Crippen molar-refractivity contribution in [2.45, 2.75) is 18.6 Å². The molecule has 0 bridgehead atoms. The highest BCUT2D eigenvalue weighted by atomic mass is 28.3. The Morgan fingerprint density at radius 3 is 1.50 bits per heavy atom. The molecule has 0 saturated heterocycles. The molecule has 0 unspecified atom stereocenters. The second-order valence-corrected chi connectivity index (χ2v) is 5.43. The molecule has 0 fully saturated rings. The van der Waals surface area contributed by atoms with Crippen molar-refractivity contribution in [2.24, 2.45) is 0 Å². The van der Waals surface area contributed by atoms with E-state index < -0.39 is 8.80 Å². The zero-order chi connectivity index (χ0) is 5.15. The van der Waals surface area contributed by atoms with Crippen LogP contribution in [0, 0.1) is 13.8 Å². The second kappa shape index (κ2) is 2.40. The minimum absolute atomic E-state index is 0.466. The van der Waals surface area contributed by atoms with E-state index in [1.54, 1.807) is 0 Å². The van der Waals surface area contributed by atoms with Crippen LogP contribution in [-0.4, -0.2) is 8.80 Å². The van der Waals surface area contributed by atoms with Gasteiger partial charge in [0.2, 0.25) is 0 Å². The maximum atomic E-state index is 3.79. The van der Waals surface area contributed by atoms with Crippen molar-refractivity contribution >= 4 is 8.80 Å². The highest BCUT2D eigenvalue weighted by molar-refractivity contribution is 6.57. The molecule has 0 N–H and O–H groups in total. The molecule has 36 valence electrons. The molecule has 0 atom stereocenters. The van der Waals surface area contributed by atoms with Crippen LogP contribution < -0.4 is 0 Å². The van der Waals surface area contributed by atoms with Crippen molar-refractivity contribution in [3.8, 4) is 0 Å². The predicted molar refractivity (Wildman–Crippen MR) is 33.3 cm³/mol. The summed E-state index contributed by atoms with van der Waals surface area (Å²) in [6.45, 7) is 12.1. The Labute approximate surface area is 42.2 Å². The first kappa shape index (κ1) is 6.22. The molecular formula is C5H12Si. The van der Waals surface area contributed by atoms with E-state index in [0.717, 1.165) is 0 Å². The molecule has 0 aliphatic carbocycles. The topological polar surface area (TPSA) is 0 Å². The van der Waals surface area contributed by atoms with Crippen LogP contribution in [0.4, 0.5) is 0 Å². The molecule has 0 aromatic carbocycles. The summed E-state index contributed by atoms with van der Waals surface area (Å²) in [6, 6.07) is 0. The summed E-state index contributed by atoms with van der Waals surface area (Å²) in [7, 11) is -0.466. The summed E-state index contributed by atoms with van der Waals surface area (Å²) in [4.78, 5) is 0. The smallest absolute Gasteiger partial charge is 0.0337 e. The van der Waals surface area contributed by atoms with Gasteiger partial charge in [-0.15, -0.1) is 0 Å². The van der Waals surface area contributed by atoms with Gasteiger partial charge in [-0.1, -0.05) is 26.9 Å². The van der Waals surface area contributed by atoms with E-state index in [-0.39, 0.29) is 0 Å². The molecule has 0 aromatic rings.